The fourth-order valence-electron chi connectivity index (χ4n) is 2.89. The van der Waals surface area contributed by atoms with E-state index in [2.05, 4.69) is 10.0 Å². The minimum Gasteiger partial charge on any atom is -0.484 e. The van der Waals surface area contributed by atoms with Gasteiger partial charge in [0.2, 0.25) is 0 Å². The number of amides is 1. The van der Waals surface area contributed by atoms with Crippen LogP contribution in [0.1, 0.15) is 28.4 Å². The van der Waals surface area contributed by atoms with Gasteiger partial charge < -0.3 is 10.1 Å². The van der Waals surface area contributed by atoms with Crippen molar-refractivity contribution < 1.29 is 22.7 Å². The van der Waals surface area contributed by atoms with Crippen molar-refractivity contribution in [1.29, 1.82) is 0 Å². The first-order chi connectivity index (χ1) is 15.1. The van der Waals surface area contributed by atoms with Crippen LogP contribution in [0.4, 0.5) is 11.4 Å². The van der Waals surface area contributed by atoms with Crippen LogP contribution >= 0.6 is 0 Å². The highest BCUT2D eigenvalue weighted by Gasteiger charge is 2.15. The number of aryl methyl sites for hydroxylation is 2. The third-order valence-electron chi connectivity index (χ3n) is 4.82. The Balaban J connectivity index is 1.60. The van der Waals surface area contributed by atoms with Gasteiger partial charge in [0.15, 0.2) is 12.4 Å². The van der Waals surface area contributed by atoms with E-state index >= 15 is 0 Å². The second-order valence-electron chi connectivity index (χ2n) is 7.35. The lowest BCUT2D eigenvalue weighted by atomic mass is 10.1. The maximum atomic E-state index is 12.6. The molecular formula is C24H24N2O5S. The van der Waals surface area contributed by atoms with Gasteiger partial charge in [0.25, 0.3) is 15.9 Å². The molecule has 0 spiro atoms. The second kappa shape index (κ2) is 9.65. The summed E-state index contributed by atoms with van der Waals surface area (Å²) >= 11 is 0. The summed E-state index contributed by atoms with van der Waals surface area (Å²) in [6, 6.07) is 17.7. The van der Waals surface area contributed by atoms with Crippen molar-refractivity contribution >= 4 is 33.1 Å². The van der Waals surface area contributed by atoms with Gasteiger partial charge in [-0.2, -0.15) is 0 Å². The van der Waals surface area contributed by atoms with E-state index in [1.54, 1.807) is 36.4 Å². The average Bonchev–Trinajstić information content (AvgIpc) is 2.75. The van der Waals surface area contributed by atoms with Crippen LogP contribution in [0.25, 0.3) is 0 Å². The lowest BCUT2D eigenvalue weighted by molar-refractivity contribution is -0.118. The van der Waals surface area contributed by atoms with E-state index in [-0.39, 0.29) is 17.3 Å². The summed E-state index contributed by atoms with van der Waals surface area (Å²) in [6.45, 7) is 5.06. The van der Waals surface area contributed by atoms with E-state index < -0.39 is 15.9 Å². The maximum Gasteiger partial charge on any atom is 0.262 e. The number of carbonyl (C=O) groups excluding carboxylic acids is 2. The van der Waals surface area contributed by atoms with Gasteiger partial charge in [-0.25, -0.2) is 8.42 Å². The number of benzene rings is 3. The number of nitrogens with one attached hydrogen (secondary N) is 2. The fourth-order valence-corrected chi connectivity index (χ4v) is 3.94. The number of hydrogen-bond donors (Lipinski definition) is 2. The van der Waals surface area contributed by atoms with E-state index in [9.17, 15) is 18.0 Å². The first kappa shape index (κ1) is 23.0. The molecule has 3 aromatic carbocycles. The largest absolute Gasteiger partial charge is 0.484 e. The summed E-state index contributed by atoms with van der Waals surface area (Å²) in [5.74, 6) is -0.101. The van der Waals surface area contributed by atoms with Crippen LogP contribution in [-0.2, 0) is 14.8 Å². The zero-order valence-corrected chi connectivity index (χ0v) is 18.8. The monoisotopic (exact) mass is 452 g/mol. The summed E-state index contributed by atoms with van der Waals surface area (Å²) in [4.78, 5) is 23.7. The van der Waals surface area contributed by atoms with Crippen molar-refractivity contribution in [2.45, 2.75) is 25.7 Å². The van der Waals surface area contributed by atoms with Crippen LogP contribution in [0, 0.1) is 13.8 Å². The summed E-state index contributed by atoms with van der Waals surface area (Å²) < 4.78 is 33.2. The summed E-state index contributed by atoms with van der Waals surface area (Å²) in [5.41, 5.74) is 3.47. The molecule has 0 fully saturated rings. The van der Waals surface area contributed by atoms with Gasteiger partial charge in [-0.1, -0.05) is 18.2 Å². The zero-order chi connectivity index (χ0) is 23.3. The molecule has 0 heterocycles. The third kappa shape index (κ3) is 5.95. The Labute approximate surface area is 187 Å². The van der Waals surface area contributed by atoms with Gasteiger partial charge in [-0.3, -0.25) is 14.3 Å². The van der Waals surface area contributed by atoms with Crippen molar-refractivity contribution in [1.82, 2.24) is 0 Å². The van der Waals surface area contributed by atoms with Gasteiger partial charge in [-0.05, 0) is 80.4 Å². The summed E-state index contributed by atoms with van der Waals surface area (Å²) in [7, 11) is -3.76. The normalized spacial score (nSPS) is 11.0. The first-order valence-electron chi connectivity index (χ1n) is 9.88. The number of sulfonamides is 1. The van der Waals surface area contributed by atoms with Crippen molar-refractivity contribution in [2.24, 2.45) is 0 Å². The first-order valence-corrected chi connectivity index (χ1v) is 11.4. The topological polar surface area (TPSA) is 102 Å². The fraction of sp³-hybridized carbons (Fsp3) is 0.167. The molecule has 7 nitrogen and oxygen atoms in total. The molecular weight excluding hydrogens is 428 g/mol. The van der Waals surface area contributed by atoms with Crippen LogP contribution in [0.15, 0.2) is 71.6 Å². The van der Waals surface area contributed by atoms with E-state index in [1.165, 1.54) is 31.2 Å². The summed E-state index contributed by atoms with van der Waals surface area (Å²) in [5, 5.41) is 2.65. The zero-order valence-electron chi connectivity index (χ0n) is 18.0. The highest BCUT2D eigenvalue weighted by molar-refractivity contribution is 7.92. The third-order valence-corrected chi connectivity index (χ3v) is 6.22. The van der Waals surface area contributed by atoms with Crippen LogP contribution < -0.4 is 14.8 Å². The van der Waals surface area contributed by atoms with Crippen molar-refractivity contribution in [3.05, 3.63) is 83.4 Å². The van der Waals surface area contributed by atoms with Crippen LogP contribution in [0.3, 0.4) is 0 Å². The Morgan fingerprint density at radius 1 is 0.875 bits per heavy atom. The predicted molar refractivity (Wildman–Crippen MR) is 124 cm³/mol. The van der Waals surface area contributed by atoms with E-state index in [0.717, 1.165) is 11.1 Å². The number of ketones is 1. The van der Waals surface area contributed by atoms with Gasteiger partial charge >= 0.3 is 0 Å². The Bertz CT molecular complexity index is 1250. The van der Waals surface area contributed by atoms with Crippen molar-refractivity contribution in [2.75, 3.05) is 16.6 Å². The SMILES string of the molecule is CC(=O)c1cccc(OCC(=O)Nc2ccc(S(=O)(=O)Nc3ccc(C)c(C)c3)cc2)c1. The van der Waals surface area contributed by atoms with Crippen LogP contribution in [0.5, 0.6) is 5.75 Å². The molecule has 2 N–H and O–H groups in total. The lowest BCUT2D eigenvalue weighted by Crippen LogP contribution is -2.20. The number of Topliss-reactive ketones (excluding diaryl/α,β-unsaturated/α-hetero) is 1. The van der Waals surface area contributed by atoms with E-state index in [0.29, 0.717) is 22.7 Å². The number of carbonyl (C=O) groups is 2. The minimum atomic E-state index is -3.76. The molecule has 0 aromatic heterocycles. The maximum absolute atomic E-state index is 12.6. The molecule has 3 aromatic rings. The molecule has 1 amide bonds. The van der Waals surface area contributed by atoms with Gasteiger partial charge in [0.05, 0.1) is 4.90 Å². The van der Waals surface area contributed by atoms with Crippen molar-refractivity contribution in [3.8, 4) is 5.75 Å². The molecule has 0 radical (unpaired) electrons. The van der Waals surface area contributed by atoms with Crippen LogP contribution in [0.2, 0.25) is 0 Å². The predicted octanol–water partition coefficient (Wildman–Crippen LogP) is 4.32. The molecule has 0 aliphatic heterocycles. The molecule has 0 aliphatic carbocycles. The van der Waals surface area contributed by atoms with E-state index in [1.807, 2.05) is 19.9 Å². The molecule has 0 aliphatic rings. The summed E-state index contributed by atoms with van der Waals surface area (Å²) in [6.07, 6.45) is 0. The molecule has 0 unspecified atom stereocenters. The average molecular weight is 453 g/mol. The Morgan fingerprint density at radius 3 is 2.22 bits per heavy atom. The van der Waals surface area contributed by atoms with Gasteiger partial charge in [0.1, 0.15) is 5.75 Å². The lowest BCUT2D eigenvalue weighted by Gasteiger charge is -2.11. The smallest absolute Gasteiger partial charge is 0.262 e. The number of rotatable bonds is 8. The molecule has 166 valence electrons. The number of hydrogen-bond acceptors (Lipinski definition) is 5. The molecule has 0 saturated carbocycles. The minimum absolute atomic E-state index is 0.0750. The molecule has 0 bridgehead atoms. The quantitative estimate of drug-likeness (QED) is 0.496. The van der Waals surface area contributed by atoms with Crippen LogP contribution in [-0.4, -0.2) is 26.7 Å². The van der Waals surface area contributed by atoms with Gasteiger partial charge in [-0.15, -0.1) is 0 Å². The van der Waals surface area contributed by atoms with Gasteiger partial charge in [0, 0.05) is 16.9 Å². The number of anilines is 2. The molecule has 3 rings (SSSR count). The highest BCUT2D eigenvalue weighted by atomic mass is 32.2. The molecule has 0 atom stereocenters. The Kier molecular flexibility index (Phi) is 6.95. The second-order valence-corrected chi connectivity index (χ2v) is 9.03. The number of ether oxygens (including phenoxy) is 1. The Morgan fingerprint density at radius 2 is 1.56 bits per heavy atom. The highest BCUT2D eigenvalue weighted by Crippen LogP contribution is 2.20. The molecule has 32 heavy (non-hydrogen) atoms. The molecule has 0 saturated heterocycles. The van der Waals surface area contributed by atoms with Crippen molar-refractivity contribution in [3.63, 3.8) is 0 Å². The van der Waals surface area contributed by atoms with E-state index in [4.69, 9.17) is 4.74 Å². The Hall–Kier alpha value is -3.65. The molecule has 8 heteroatoms. The standard InChI is InChI=1S/C24H24N2O5S/c1-16-7-8-21(13-17(16)2)26-32(29,30)23-11-9-20(10-12-23)25-24(28)15-31-22-6-4-5-19(14-22)18(3)27/h4-14,26H,15H2,1-3H3,(H,25,28).